The van der Waals surface area contributed by atoms with Gasteiger partial charge in [0.25, 0.3) is 5.91 Å². The molecular formula is C11H11FN4OS. The Morgan fingerprint density at radius 3 is 2.83 bits per heavy atom. The summed E-state index contributed by atoms with van der Waals surface area (Å²) in [5.41, 5.74) is 0.434. The average Bonchev–Trinajstić information content (AvgIpc) is 2.86. The smallest absolute Gasteiger partial charge is 0.282 e. The van der Waals surface area contributed by atoms with Gasteiger partial charge in [-0.05, 0) is 6.07 Å². The molecule has 2 rings (SSSR count). The van der Waals surface area contributed by atoms with Crippen molar-refractivity contribution in [3.05, 3.63) is 40.7 Å². The van der Waals surface area contributed by atoms with E-state index in [0.717, 1.165) is 11.3 Å². The Hall–Kier alpha value is -2.02. The minimum Gasteiger partial charge on any atom is -0.363 e. The van der Waals surface area contributed by atoms with Crippen molar-refractivity contribution in [2.24, 2.45) is 0 Å². The number of carbonyl (C=O) groups is 1. The van der Waals surface area contributed by atoms with Crippen LogP contribution in [0.2, 0.25) is 0 Å². The number of hydrogen-bond donors (Lipinski definition) is 2. The highest BCUT2D eigenvalue weighted by molar-refractivity contribution is 7.17. The van der Waals surface area contributed by atoms with Gasteiger partial charge in [-0.15, -0.1) is 10.2 Å². The predicted octanol–water partition coefficient (Wildman–Crippen LogP) is 1.65. The van der Waals surface area contributed by atoms with Crippen molar-refractivity contribution in [1.29, 1.82) is 0 Å². The zero-order chi connectivity index (χ0) is 13.0. The van der Waals surface area contributed by atoms with E-state index in [4.69, 9.17) is 0 Å². The van der Waals surface area contributed by atoms with Crippen LogP contribution >= 0.6 is 11.3 Å². The Morgan fingerprint density at radius 1 is 1.39 bits per heavy atom. The maximum atomic E-state index is 13.3. The van der Waals surface area contributed by atoms with Crippen molar-refractivity contribution in [2.45, 2.75) is 6.54 Å². The van der Waals surface area contributed by atoms with E-state index in [1.165, 1.54) is 6.07 Å². The lowest BCUT2D eigenvalue weighted by Gasteiger charge is -2.03. The Balaban J connectivity index is 1.98. The van der Waals surface area contributed by atoms with Crippen molar-refractivity contribution < 1.29 is 9.18 Å². The number of halogens is 1. The molecule has 0 saturated carbocycles. The largest absolute Gasteiger partial charge is 0.363 e. The molecule has 0 spiro atoms. The number of nitrogens with zero attached hydrogens (tertiary/aromatic N) is 2. The van der Waals surface area contributed by atoms with Crippen LogP contribution in [0.3, 0.4) is 0 Å². The second-order valence-corrected chi connectivity index (χ2v) is 4.41. The standard InChI is InChI=1S/C11H11FN4OS/c1-13-11-16-15-10(18-11)9(17)14-6-7-4-2-3-5-8(7)12/h2-5H,6H2,1H3,(H,13,16)(H,14,17). The summed E-state index contributed by atoms with van der Waals surface area (Å²) in [6.07, 6.45) is 0. The Bertz CT molecular complexity index is 557. The Morgan fingerprint density at radius 2 is 2.17 bits per heavy atom. The second kappa shape index (κ2) is 5.54. The molecule has 1 heterocycles. The number of benzene rings is 1. The number of amides is 1. The van der Waals surface area contributed by atoms with Crippen LogP contribution in [0.4, 0.5) is 9.52 Å². The fourth-order valence-corrected chi connectivity index (χ4v) is 1.92. The van der Waals surface area contributed by atoms with Crippen molar-refractivity contribution in [1.82, 2.24) is 15.5 Å². The lowest BCUT2D eigenvalue weighted by molar-refractivity contribution is 0.0949. The molecule has 1 aromatic carbocycles. The lowest BCUT2D eigenvalue weighted by atomic mass is 10.2. The number of aromatic nitrogens is 2. The molecule has 0 radical (unpaired) electrons. The monoisotopic (exact) mass is 266 g/mol. The molecule has 2 aromatic rings. The van der Waals surface area contributed by atoms with Gasteiger partial charge >= 0.3 is 0 Å². The third-order valence-corrected chi connectivity index (χ3v) is 3.17. The first-order valence-electron chi connectivity index (χ1n) is 5.23. The molecule has 1 amide bonds. The third kappa shape index (κ3) is 2.80. The fraction of sp³-hybridized carbons (Fsp3) is 0.182. The summed E-state index contributed by atoms with van der Waals surface area (Å²) in [5, 5.41) is 13.7. The van der Waals surface area contributed by atoms with Crippen LogP contribution in [0, 0.1) is 5.82 Å². The van der Waals surface area contributed by atoms with Crippen LogP contribution in [0.1, 0.15) is 15.4 Å². The van der Waals surface area contributed by atoms with Gasteiger partial charge in [-0.3, -0.25) is 4.79 Å². The highest BCUT2D eigenvalue weighted by atomic mass is 32.1. The average molecular weight is 266 g/mol. The molecule has 1 aromatic heterocycles. The minimum absolute atomic E-state index is 0.125. The molecule has 0 aliphatic carbocycles. The topological polar surface area (TPSA) is 66.9 Å². The number of rotatable bonds is 4. The summed E-state index contributed by atoms with van der Waals surface area (Å²) in [6, 6.07) is 6.29. The molecule has 7 heteroatoms. The fourth-order valence-electron chi connectivity index (χ4n) is 1.31. The van der Waals surface area contributed by atoms with E-state index in [2.05, 4.69) is 20.8 Å². The molecule has 0 unspecified atom stereocenters. The zero-order valence-electron chi connectivity index (χ0n) is 9.61. The van der Waals surface area contributed by atoms with Gasteiger partial charge in [-0.2, -0.15) is 0 Å². The Kier molecular flexibility index (Phi) is 3.83. The van der Waals surface area contributed by atoms with E-state index in [0.29, 0.717) is 10.7 Å². The predicted molar refractivity (Wildman–Crippen MR) is 67.0 cm³/mol. The molecule has 0 aliphatic heterocycles. The highest BCUT2D eigenvalue weighted by Crippen LogP contribution is 2.14. The van der Waals surface area contributed by atoms with Crippen molar-refractivity contribution in [3.63, 3.8) is 0 Å². The van der Waals surface area contributed by atoms with Crippen molar-refractivity contribution in [2.75, 3.05) is 12.4 Å². The van der Waals surface area contributed by atoms with Gasteiger partial charge in [-0.25, -0.2) is 4.39 Å². The summed E-state index contributed by atoms with van der Waals surface area (Å²) in [4.78, 5) is 11.7. The molecule has 0 fully saturated rings. The molecule has 0 aliphatic rings. The normalized spacial score (nSPS) is 10.1. The van der Waals surface area contributed by atoms with Crippen LogP contribution in [0.15, 0.2) is 24.3 Å². The second-order valence-electron chi connectivity index (χ2n) is 3.44. The summed E-state index contributed by atoms with van der Waals surface area (Å²) < 4.78 is 13.3. The van der Waals surface area contributed by atoms with E-state index < -0.39 is 0 Å². The van der Waals surface area contributed by atoms with Gasteiger partial charge in [0.15, 0.2) is 0 Å². The molecule has 18 heavy (non-hydrogen) atoms. The van der Waals surface area contributed by atoms with Crippen LogP contribution in [-0.2, 0) is 6.54 Å². The van der Waals surface area contributed by atoms with Gasteiger partial charge in [0.1, 0.15) is 5.82 Å². The van der Waals surface area contributed by atoms with Crippen LogP contribution in [-0.4, -0.2) is 23.2 Å². The summed E-state index contributed by atoms with van der Waals surface area (Å²) in [6.45, 7) is 0.125. The first kappa shape index (κ1) is 12.4. The molecular weight excluding hydrogens is 255 g/mol. The van der Waals surface area contributed by atoms with E-state index >= 15 is 0 Å². The van der Waals surface area contributed by atoms with Crippen LogP contribution in [0.5, 0.6) is 0 Å². The molecule has 0 bridgehead atoms. The highest BCUT2D eigenvalue weighted by Gasteiger charge is 2.12. The third-order valence-electron chi connectivity index (χ3n) is 2.23. The van der Waals surface area contributed by atoms with Crippen LogP contribution < -0.4 is 10.6 Å². The van der Waals surface area contributed by atoms with Gasteiger partial charge in [0, 0.05) is 19.2 Å². The van der Waals surface area contributed by atoms with Gasteiger partial charge in [-0.1, -0.05) is 29.5 Å². The zero-order valence-corrected chi connectivity index (χ0v) is 10.4. The molecule has 94 valence electrons. The Labute approximate surface area is 107 Å². The SMILES string of the molecule is CNc1nnc(C(=O)NCc2ccccc2F)s1. The van der Waals surface area contributed by atoms with E-state index in [1.807, 2.05) is 0 Å². The van der Waals surface area contributed by atoms with Crippen molar-refractivity contribution in [3.8, 4) is 0 Å². The molecule has 2 N–H and O–H groups in total. The maximum Gasteiger partial charge on any atom is 0.282 e. The van der Waals surface area contributed by atoms with E-state index in [-0.39, 0.29) is 23.3 Å². The molecule has 5 nitrogen and oxygen atoms in total. The molecule has 0 saturated heterocycles. The van der Waals surface area contributed by atoms with Gasteiger partial charge in [0.2, 0.25) is 10.1 Å². The quantitative estimate of drug-likeness (QED) is 0.883. The summed E-state index contributed by atoms with van der Waals surface area (Å²) in [5.74, 6) is -0.705. The number of carbonyl (C=O) groups excluding carboxylic acids is 1. The first-order chi connectivity index (χ1) is 8.70. The number of anilines is 1. The van der Waals surface area contributed by atoms with E-state index in [1.54, 1.807) is 25.2 Å². The van der Waals surface area contributed by atoms with Crippen LogP contribution in [0.25, 0.3) is 0 Å². The van der Waals surface area contributed by atoms with Gasteiger partial charge < -0.3 is 10.6 Å². The lowest BCUT2D eigenvalue weighted by Crippen LogP contribution is -2.23. The van der Waals surface area contributed by atoms with E-state index in [9.17, 15) is 9.18 Å². The summed E-state index contributed by atoms with van der Waals surface area (Å²) >= 11 is 1.14. The minimum atomic E-state index is -0.364. The first-order valence-corrected chi connectivity index (χ1v) is 6.05. The van der Waals surface area contributed by atoms with Gasteiger partial charge in [0.05, 0.1) is 0 Å². The number of nitrogens with one attached hydrogen (secondary N) is 2. The maximum absolute atomic E-state index is 13.3. The van der Waals surface area contributed by atoms with Crippen molar-refractivity contribution >= 4 is 22.4 Å². The number of hydrogen-bond acceptors (Lipinski definition) is 5. The summed E-state index contributed by atoms with van der Waals surface area (Å²) in [7, 11) is 1.70. The molecule has 0 atom stereocenters.